The van der Waals surface area contributed by atoms with E-state index >= 15 is 0 Å². The summed E-state index contributed by atoms with van der Waals surface area (Å²) in [6, 6.07) is 105. The summed E-state index contributed by atoms with van der Waals surface area (Å²) in [5, 5.41) is 14.2. The quantitative estimate of drug-likeness (QED) is 0.135. The third-order valence-corrected chi connectivity index (χ3v) is 23.8. The second kappa shape index (κ2) is 29.0. The predicted molar refractivity (Wildman–Crippen MR) is 460 cm³/mol. The van der Waals surface area contributed by atoms with E-state index in [0.717, 1.165) is 129 Å². The molecule has 2 fully saturated rings. The van der Waals surface area contributed by atoms with Crippen molar-refractivity contribution >= 4 is 153 Å². The molecule has 0 atom stereocenters. The van der Waals surface area contributed by atoms with E-state index < -0.39 is 18.3 Å². The van der Waals surface area contributed by atoms with Gasteiger partial charge in [-0.2, -0.15) is 9.97 Å². The molecule has 536 valence electrons. The van der Waals surface area contributed by atoms with E-state index in [9.17, 15) is 0 Å². The molecule has 11 nitrogen and oxygen atoms in total. The molecule has 0 aliphatic carbocycles. The van der Waals surface area contributed by atoms with E-state index in [1.807, 2.05) is 144 Å². The van der Waals surface area contributed by atoms with Gasteiger partial charge in [0.25, 0.3) is 0 Å². The monoisotopic (exact) mass is 1500 g/mol. The van der Waals surface area contributed by atoms with E-state index in [1.54, 1.807) is 0 Å². The lowest BCUT2D eigenvalue weighted by Gasteiger charge is -2.32. The van der Waals surface area contributed by atoms with Crippen molar-refractivity contribution in [2.75, 3.05) is 13.2 Å². The van der Waals surface area contributed by atoms with Crippen molar-refractivity contribution in [3.63, 3.8) is 0 Å². The van der Waals surface area contributed by atoms with Crippen LogP contribution in [-0.2, 0) is 14.0 Å². The van der Waals surface area contributed by atoms with Gasteiger partial charge in [-0.05, 0) is 151 Å². The largest absolute Gasteiger partial charge is 0.495 e. The SMILES string of the molecule is C1CCOC1.CC1(C)OB(c2ccc(-c3ccc4c(c3)sc3ccccc34)c3oc4cc5ccccc5cc4c23)OC1(C)C.Clc1nc(-c2ccccc2)nc(-c2ccccc2)n1.c1ccc(-c2nc(-c3ccccc3)nc(-c3ccc(-c4ccc5c(c4)sc4ccccc45)c4oc5cc6ccccc6cc5c34)n2)cc1. The number of thiophene rings is 2. The Morgan fingerprint density at radius 3 is 1.12 bits per heavy atom. The lowest BCUT2D eigenvalue weighted by molar-refractivity contribution is 0.00578. The molecular weight excluding hydrogens is 1430 g/mol. The summed E-state index contributed by atoms with van der Waals surface area (Å²) >= 11 is 9.65. The van der Waals surface area contributed by atoms with E-state index in [1.165, 1.54) is 58.6 Å². The van der Waals surface area contributed by atoms with Crippen LogP contribution in [0.5, 0.6) is 0 Å². The molecule has 2 aliphatic rings. The molecule has 15 heteroatoms. The summed E-state index contributed by atoms with van der Waals surface area (Å²) in [5.74, 6) is 3.03. The van der Waals surface area contributed by atoms with Gasteiger partial charge in [0.15, 0.2) is 29.1 Å². The Labute approximate surface area is 653 Å². The molecule has 111 heavy (non-hydrogen) atoms. The summed E-state index contributed by atoms with van der Waals surface area (Å²) in [7, 11) is -0.483. The fourth-order valence-electron chi connectivity index (χ4n) is 15.0. The summed E-state index contributed by atoms with van der Waals surface area (Å²) in [4.78, 5) is 28.0. The van der Waals surface area contributed by atoms with Crippen molar-refractivity contribution in [3.8, 4) is 79.2 Å². The minimum atomic E-state index is -0.483. The fraction of sp³-hybridized carbons (Fsp3) is 0.104. The topological polar surface area (TPSA) is 131 Å². The van der Waals surface area contributed by atoms with Crippen molar-refractivity contribution in [1.82, 2.24) is 29.9 Å². The molecule has 0 bridgehead atoms. The number of hydrogen-bond acceptors (Lipinski definition) is 13. The molecule has 20 aromatic rings. The molecule has 0 saturated carbocycles. The molecule has 0 N–H and O–H groups in total. The highest BCUT2D eigenvalue weighted by atomic mass is 35.5. The fourth-order valence-corrected chi connectivity index (χ4v) is 17.4. The van der Waals surface area contributed by atoms with Crippen LogP contribution in [0.2, 0.25) is 5.28 Å². The van der Waals surface area contributed by atoms with Gasteiger partial charge in [0, 0.05) is 114 Å². The number of aromatic nitrogens is 6. The van der Waals surface area contributed by atoms with Crippen molar-refractivity contribution in [1.29, 1.82) is 0 Å². The van der Waals surface area contributed by atoms with Gasteiger partial charge in [-0.15, -0.1) is 22.7 Å². The van der Waals surface area contributed by atoms with Crippen molar-refractivity contribution < 1.29 is 22.9 Å². The highest BCUT2D eigenvalue weighted by Crippen LogP contribution is 2.47. The zero-order valence-electron chi connectivity index (χ0n) is 61.2. The molecule has 2 aliphatic heterocycles. The third kappa shape index (κ3) is 13.3. The number of hydrogen-bond donors (Lipinski definition) is 0. The average molecular weight is 1500 g/mol. The summed E-state index contributed by atoms with van der Waals surface area (Å²) in [5.41, 5.74) is 12.5. The number of furan rings is 2. The maximum absolute atomic E-state index is 6.84. The van der Waals surface area contributed by atoms with Gasteiger partial charge < -0.3 is 22.9 Å². The van der Waals surface area contributed by atoms with Gasteiger partial charge in [0.1, 0.15) is 22.3 Å². The molecular formula is C96H70BClN6O5S2. The molecule has 0 spiro atoms. The number of rotatable bonds is 8. The van der Waals surface area contributed by atoms with E-state index in [4.69, 9.17) is 49.4 Å². The number of benzene rings is 14. The van der Waals surface area contributed by atoms with Crippen LogP contribution in [0.4, 0.5) is 0 Å². The van der Waals surface area contributed by atoms with Gasteiger partial charge in [-0.3, -0.25) is 0 Å². The minimum Gasteiger partial charge on any atom is -0.455 e. The number of nitrogens with zero attached hydrogens (tertiary/aromatic N) is 6. The van der Waals surface area contributed by atoms with Crippen molar-refractivity contribution in [3.05, 3.63) is 309 Å². The van der Waals surface area contributed by atoms with E-state index in [0.29, 0.717) is 29.1 Å². The van der Waals surface area contributed by atoms with E-state index in [-0.39, 0.29) is 5.28 Å². The summed E-state index contributed by atoms with van der Waals surface area (Å²) in [6.45, 7) is 10.4. The van der Waals surface area contributed by atoms with Gasteiger partial charge in [-0.25, -0.2) is 19.9 Å². The Morgan fingerprint density at radius 1 is 0.315 bits per heavy atom. The molecule has 14 aromatic carbocycles. The highest BCUT2D eigenvalue weighted by Gasteiger charge is 2.52. The van der Waals surface area contributed by atoms with Gasteiger partial charge in [-0.1, -0.05) is 243 Å². The Balaban J connectivity index is 0.000000117. The maximum atomic E-state index is 6.84. The molecule has 0 amide bonds. The van der Waals surface area contributed by atoms with Crippen molar-refractivity contribution in [2.24, 2.45) is 0 Å². The molecule has 22 rings (SSSR count). The Morgan fingerprint density at radius 2 is 0.676 bits per heavy atom. The minimum absolute atomic E-state index is 0.202. The zero-order valence-corrected chi connectivity index (χ0v) is 63.6. The second-order valence-corrected chi connectivity index (χ2v) is 31.4. The first-order valence-electron chi connectivity index (χ1n) is 37.3. The summed E-state index contributed by atoms with van der Waals surface area (Å²) in [6.07, 6.45) is 2.56. The van der Waals surface area contributed by atoms with Crippen LogP contribution in [-0.4, -0.2) is 61.4 Å². The lowest BCUT2D eigenvalue weighted by atomic mass is 9.75. The van der Waals surface area contributed by atoms with Gasteiger partial charge >= 0.3 is 7.12 Å². The van der Waals surface area contributed by atoms with Crippen molar-refractivity contribution in [2.45, 2.75) is 51.7 Å². The Bertz CT molecular complexity index is 6790. The first-order valence-corrected chi connectivity index (χ1v) is 39.3. The molecule has 0 radical (unpaired) electrons. The van der Waals surface area contributed by atoms with Crippen LogP contribution in [0.25, 0.3) is 185 Å². The molecule has 2 saturated heterocycles. The van der Waals surface area contributed by atoms with Crippen LogP contribution in [0.1, 0.15) is 40.5 Å². The normalized spacial score (nSPS) is 13.9. The number of fused-ring (bicyclic) bond motifs is 14. The Kier molecular flexibility index (Phi) is 18.1. The zero-order chi connectivity index (χ0) is 74.7. The maximum Gasteiger partial charge on any atom is 0.495 e. The Hall–Kier alpha value is -12.1. The number of halogens is 1. The number of ether oxygens (including phenoxy) is 1. The van der Waals surface area contributed by atoms with E-state index in [2.05, 4.69) is 225 Å². The van der Waals surface area contributed by atoms with Crippen LogP contribution in [0, 0.1) is 0 Å². The molecule has 8 heterocycles. The average Bonchev–Trinajstić information content (AvgIpc) is 1.58. The summed E-state index contributed by atoms with van der Waals surface area (Å²) < 4.78 is 36.7. The highest BCUT2D eigenvalue weighted by molar-refractivity contribution is 7.26. The van der Waals surface area contributed by atoms with Gasteiger partial charge in [0.2, 0.25) is 5.28 Å². The lowest BCUT2D eigenvalue weighted by Crippen LogP contribution is -2.41. The predicted octanol–water partition coefficient (Wildman–Crippen LogP) is 25.7. The van der Waals surface area contributed by atoms with Crippen LogP contribution in [0.15, 0.2) is 312 Å². The van der Waals surface area contributed by atoms with Crippen LogP contribution in [0.3, 0.4) is 0 Å². The molecule has 0 unspecified atom stereocenters. The first-order chi connectivity index (χ1) is 54.4. The first kappa shape index (κ1) is 69.4. The standard InChI is InChI=1S/C43H25N3OS.C34H27BO3S.C15H10ClN3.C4H8O/c1-3-11-26(12-4-1)41-44-42(27-13-5-2-6-14-27)46-43(45-41)34-22-21-31(30-19-20-33-32-17-9-10-18-37(32)48-38(33)25-30)40-39(34)35-23-28-15-7-8-16-29(28)24-36(35)47-40;1-33(2)34(3,4)38-35(37-33)27-16-15-23(22-13-14-25-24-11-7-8-12-29(24)39-30(25)19-22)32-31(27)26-17-20-9-5-6-10-21(20)18-28(26)36-32;16-15-18-13(11-7-3-1-4-8-11)17-14(19-15)12-9-5-2-6-10-12;1-2-4-5-3-1/h1-25H;5-19H,1-4H3;1-10H;1-4H2. The smallest absolute Gasteiger partial charge is 0.455 e. The van der Waals surface area contributed by atoms with Crippen LogP contribution < -0.4 is 5.46 Å². The second-order valence-electron chi connectivity index (χ2n) is 28.9. The van der Waals surface area contributed by atoms with Gasteiger partial charge in [0.05, 0.1) is 11.2 Å². The molecule has 6 aromatic heterocycles. The third-order valence-electron chi connectivity index (χ3n) is 21.3. The van der Waals surface area contributed by atoms with Crippen LogP contribution >= 0.6 is 34.3 Å².